The highest BCUT2D eigenvalue weighted by Gasteiger charge is 2.32. The molecule has 4 heterocycles. The molecule has 1 fully saturated rings. The molecule has 1 amide bonds. The van der Waals surface area contributed by atoms with Gasteiger partial charge in [0, 0.05) is 43.7 Å². The zero-order valence-corrected chi connectivity index (χ0v) is 17.6. The van der Waals surface area contributed by atoms with Crippen LogP contribution < -0.4 is 4.74 Å². The molecule has 31 heavy (non-hydrogen) atoms. The molecule has 158 valence electrons. The summed E-state index contributed by atoms with van der Waals surface area (Å²) >= 11 is 0. The molecule has 0 bridgehead atoms. The van der Waals surface area contributed by atoms with Crippen molar-refractivity contribution in [1.82, 2.24) is 14.9 Å². The number of ether oxygens (including phenoxy) is 2. The van der Waals surface area contributed by atoms with Gasteiger partial charge >= 0.3 is 0 Å². The van der Waals surface area contributed by atoms with Crippen LogP contribution in [0.1, 0.15) is 33.6 Å². The van der Waals surface area contributed by atoms with Crippen LogP contribution in [0.2, 0.25) is 0 Å². The van der Waals surface area contributed by atoms with Crippen molar-refractivity contribution in [2.45, 2.75) is 26.4 Å². The Morgan fingerprint density at radius 1 is 1.10 bits per heavy atom. The maximum atomic E-state index is 13.1. The number of nitrogens with zero attached hydrogens (tertiary/aromatic N) is 3. The molecule has 6 heteroatoms. The first-order chi connectivity index (χ1) is 15.2. The summed E-state index contributed by atoms with van der Waals surface area (Å²) in [6.45, 7) is 5.14. The molecule has 1 atom stereocenters. The van der Waals surface area contributed by atoms with Crippen LogP contribution in [0.4, 0.5) is 0 Å². The van der Waals surface area contributed by atoms with E-state index >= 15 is 0 Å². The van der Waals surface area contributed by atoms with Gasteiger partial charge in [0.15, 0.2) is 0 Å². The molecule has 1 aromatic carbocycles. The number of rotatable bonds is 6. The minimum atomic E-state index is -0.0189. The molecule has 5 rings (SSSR count). The number of hydrogen-bond acceptors (Lipinski definition) is 5. The highest BCUT2D eigenvalue weighted by molar-refractivity contribution is 6.00. The zero-order valence-electron chi connectivity index (χ0n) is 17.6. The predicted octanol–water partition coefficient (Wildman–Crippen LogP) is 4.02. The number of hydrogen-bond donors (Lipinski definition) is 0. The number of aromatic nitrogens is 2. The van der Waals surface area contributed by atoms with Gasteiger partial charge in [0.25, 0.3) is 5.91 Å². The second-order valence-electron chi connectivity index (χ2n) is 8.23. The van der Waals surface area contributed by atoms with Crippen LogP contribution in [0.5, 0.6) is 5.88 Å². The van der Waals surface area contributed by atoms with Crippen LogP contribution in [0, 0.1) is 12.8 Å². The van der Waals surface area contributed by atoms with E-state index in [2.05, 4.69) is 40.3 Å². The van der Waals surface area contributed by atoms with E-state index in [1.54, 1.807) is 6.20 Å². The lowest BCUT2D eigenvalue weighted by Crippen LogP contribution is -2.23. The standard InChI is InChI=1S/C25H25N3O3/c1-17-12-21(6-9-26-17)20-4-2-18(3-5-20)13-28-14-22-7-10-27-24(23(22)25(28)29)31-16-19-8-11-30-15-19/h2-7,9-10,12,19H,8,11,13-16H2,1H3. The molecular formula is C25H25N3O3. The van der Waals surface area contributed by atoms with E-state index in [1.807, 2.05) is 30.2 Å². The summed E-state index contributed by atoms with van der Waals surface area (Å²) in [5, 5.41) is 0. The number of amides is 1. The minimum Gasteiger partial charge on any atom is -0.477 e. The summed E-state index contributed by atoms with van der Waals surface area (Å²) in [5.74, 6) is 0.794. The van der Waals surface area contributed by atoms with Gasteiger partial charge in [0.05, 0.1) is 13.2 Å². The first-order valence-electron chi connectivity index (χ1n) is 10.7. The first-order valence-corrected chi connectivity index (χ1v) is 10.7. The summed E-state index contributed by atoms with van der Waals surface area (Å²) in [7, 11) is 0. The molecule has 1 saturated heterocycles. The molecule has 0 spiro atoms. The van der Waals surface area contributed by atoms with Gasteiger partial charge in [-0.2, -0.15) is 0 Å². The van der Waals surface area contributed by atoms with E-state index in [1.165, 1.54) is 0 Å². The van der Waals surface area contributed by atoms with Crippen LogP contribution in [0.3, 0.4) is 0 Å². The summed E-state index contributed by atoms with van der Waals surface area (Å²) in [5.41, 5.74) is 5.94. The van der Waals surface area contributed by atoms with Crippen molar-refractivity contribution in [2.24, 2.45) is 5.92 Å². The third kappa shape index (κ3) is 4.16. The maximum Gasteiger partial charge on any atom is 0.260 e. The minimum absolute atomic E-state index is 0.0189. The Kier molecular flexibility index (Phi) is 5.38. The monoisotopic (exact) mass is 415 g/mol. The van der Waals surface area contributed by atoms with Crippen molar-refractivity contribution in [3.8, 4) is 17.0 Å². The smallest absolute Gasteiger partial charge is 0.260 e. The summed E-state index contributed by atoms with van der Waals surface area (Å²) in [6.07, 6.45) is 4.54. The van der Waals surface area contributed by atoms with Crippen molar-refractivity contribution >= 4 is 5.91 Å². The van der Waals surface area contributed by atoms with Crippen LogP contribution in [0.15, 0.2) is 54.9 Å². The van der Waals surface area contributed by atoms with Crippen molar-refractivity contribution < 1.29 is 14.3 Å². The van der Waals surface area contributed by atoms with E-state index in [-0.39, 0.29) is 5.91 Å². The lowest BCUT2D eigenvalue weighted by molar-refractivity contribution is 0.0762. The van der Waals surface area contributed by atoms with Crippen LogP contribution in [-0.4, -0.2) is 40.6 Å². The Morgan fingerprint density at radius 3 is 2.71 bits per heavy atom. The second-order valence-corrected chi connectivity index (χ2v) is 8.23. The fraction of sp³-hybridized carbons (Fsp3) is 0.320. The second kappa shape index (κ2) is 8.47. The van der Waals surface area contributed by atoms with Crippen molar-refractivity contribution in [2.75, 3.05) is 19.8 Å². The van der Waals surface area contributed by atoms with Crippen LogP contribution >= 0.6 is 0 Å². The normalized spacial score (nSPS) is 17.8. The van der Waals surface area contributed by atoms with Crippen LogP contribution in [-0.2, 0) is 17.8 Å². The van der Waals surface area contributed by atoms with Crippen molar-refractivity contribution in [3.63, 3.8) is 0 Å². The summed E-state index contributed by atoms with van der Waals surface area (Å²) in [4.78, 5) is 23.6. The molecule has 3 aromatic rings. The molecule has 2 aliphatic rings. The predicted molar refractivity (Wildman–Crippen MR) is 117 cm³/mol. The van der Waals surface area contributed by atoms with Gasteiger partial charge in [-0.15, -0.1) is 0 Å². The molecule has 2 aromatic heterocycles. The maximum absolute atomic E-state index is 13.1. The van der Waals surface area contributed by atoms with E-state index in [0.717, 1.165) is 41.0 Å². The Morgan fingerprint density at radius 2 is 1.94 bits per heavy atom. The number of aryl methyl sites for hydroxylation is 1. The Hall–Kier alpha value is -3.25. The molecular weight excluding hydrogens is 390 g/mol. The summed E-state index contributed by atoms with van der Waals surface area (Å²) in [6, 6.07) is 14.3. The Balaban J connectivity index is 1.28. The average molecular weight is 415 g/mol. The average Bonchev–Trinajstić information content (AvgIpc) is 3.41. The molecule has 0 aliphatic carbocycles. The van der Waals surface area contributed by atoms with Gasteiger partial charge in [-0.05, 0) is 53.8 Å². The van der Waals surface area contributed by atoms with Gasteiger partial charge in [-0.25, -0.2) is 4.98 Å². The number of benzene rings is 1. The molecule has 0 saturated carbocycles. The highest BCUT2D eigenvalue weighted by atomic mass is 16.5. The lowest BCUT2D eigenvalue weighted by Gasteiger charge is -2.16. The SMILES string of the molecule is Cc1cc(-c2ccc(CN3Cc4ccnc(OCC5CCOC5)c4C3=O)cc2)ccn1. The van der Waals surface area contributed by atoms with E-state index in [0.29, 0.717) is 43.7 Å². The molecule has 0 radical (unpaired) electrons. The molecule has 2 aliphatic heterocycles. The van der Waals surface area contributed by atoms with Gasteiger partial charge in [0.1, 0.15) is 5.56 Å². The number of fused-ring (bicyclic) bond motifs is 1. The Labute approximate surface area is 181 Å². The molecule has 6 nitrogen and oxygen atoms in total. The van der Waals surface area contributed by atoms with Gasteiger partial charge in [-0.3, -0.25) is 9.78 Å². The van der Waals surface area contributed by atoms with E-state index < -0.39 is 0 Å². The molecule has 1 unspecified atom stereocenters. The van der Waals surface area contributed by atoms with Gasteiger partial charge < -0.3 is 14.4 Å². The van der Waals surface area contributed by atoms with Gasteiger partial charge in [0.2, 0.25) is 5.88 Å². The lowest BCUT2D eigenvalue weighted by atomic mass is 10.0. The first kappa shape index (κ1) is 19.7. The third-order valence-corrected chi connectivity index (χ3v) is 5.90. The number of carbonyl (C=O) groups is 1. The quantitative estimate of drug-likeness (QED) is 0.608. The fourth-order valence-electron chi connectivity index (χ4n) is 4.17. The fourth-order valence-corrected chi connectivity index (χ4v) is 4.17. The number of pyridine rings is 2. The largest absolute Gasteiger partial charge is 0.477 e. The van der Waals surface area contributed by atoms with Gasteiger partial charge in [-0.1, -0.05) is 24.3 Å². The topological polar surface area (TPSA) is 64.6 Å². The summed E-state index contributed by atoms with van der Waals surface area (Å²) < 4.78 is 11.3. The number of carbonyl (C=O) groups excluding carboxylic acids is 1. The molecule has 0 N–H and O–H groups in total. The van der Waals surface area contributed by atoms with Crippen molar-refractivity contribution in [3.05, 3.63) is 77.2 Å². The van der Waals surface area contributed by atoms with E-state index in [4.69, 9.17) is 9.47 Å². The Bertz CT molecular complexity index is 1090. The third-order valence-electron chi connectivity index (χ3n) is 5.90. The zero-order chi connectivity index (χ0) is 21.2. The van der Waals surface area contributed by atoms with Crippen molar-refractivity contribution in [1.29, 1.82) is 0 Å². The highest BCUT2D eigenvalue weighted by Crippen LogP contribution is 2.31. The van der Waals surface area contributed by atoms with E-state index in [9.17, 15) is 4.79 Å². The van der Waals surface area contributed by atoms with Crippen LogP contribution in [0.25, 0.3) is 11.1 Å².